The molecule has 5 rings (SSSR count). The van der Waals surface area contributed by atoms with Crippen molar-refractivity contribution < 1.29 is 22.3 Å². The number of thioether (sulfide) groups is 1. The first-order valence-electron chi connectivity index (χ1n) is 10.7. The second-order valence-electron chi connectivity index (χ2n) is 7.89. The summed E-state index contributed by atoms with van der Waals surface area (Å²) in [6.45, 7) is 1.89. The van der Waals surface area contributed by atoms with Crippen molar-refractivity contribution in [3.8, 4) is 16.9 Å². The first-order chi connectivity index (χ1) is 16.8. The van der Waals surface area contributed by atoms with Crippen molar-refractivity contribution in [2.45, 2.75) is 24.4 Å². The number of hydrogen-bond donors (Lipinski definition) is 0. The lowest BCUT2D eigenvalue weighted by molar-refractivity contribution is -0.274. The topological polar surface area (TPSA) is 52.3 Å². The molecule has 0 aliphatic carbocycles. The Morgan fingerprint density at radius 1 is 0.943 bits per heavy atom. The van der Waals surface area contributed by atoms with Crippen molar-refractivity contribution in [2.75, 3.05) is 5.75 Å². The third-order valence-corrected chi connectivity index (χ3v) is 6.51. The first-order valence-corrected chi connectivity index (χ1v) is 11.6. The third-order valence-electron chi connectivity index (χ3n) is 5.58. The average Bonchev–Trinajstić information content (AvgIpc) is 3.27. The summed E-state index contributed by atoms with van der Waals surface area (Å²) in [5, 5.41) is 13.7. The number of rotatable bonds is 5. The third kappa shape index (κ3) is 4.93. The summed E-state index contributed by atoms with van der Waals surface area (Å²) < 4.78 is 57.8. The number of aromatic nitrogens is 3. The van der Waals surface area contributed by atoms with E-state index in [-0.39, 0.29) is 17.5 Å². The summed E-state index contributed by atoms with van der Waals surface area (Å²) in [7, 11) is 0. The van der Waals surface area contributed by atoms with Crippen LogP contribution in [0.25, 0.3) is 11.1 Å². The lowest BCUT2D eigenvalue weighted by Gasteiger charge is -2.17. The molecular formula is C25H18F4N4OS. The summed E-state index contributed by atoms with van der Waals surface area (Å²) in [5.74, 6) is 0.0755. The van der Waals surface area contributed by atoms with Crippen molar-refractivity contribution in [1.29, 1.82) is 0 Å². The van der Waals surface area contributed by atoms with Gasteiger partial charge in [-0.1, -0.05) is 61.2 Å². The van der Waals surface area contributed by atoms with Gasteiger partial charge in [0.2, 0.25) is 5.16 Å². The van der Waals surface area contributed by atoms with Crippen molar-refractivity contribution in [3.05, 3.63) is 95.6 Å². The standard InChI is InChI=1S/C25H18F4N4OS/c1-15(18-9-12-20(21(26)13-18)16-5-3-2-4-6-16)23-30-31-24-33(23)32-22(14-35-24)17-7-10-19(11-8-17)34-25(27,28)29/h2-13,15H,14H2,1H3. The zero-order valence-electron chi connectivity index (χ0n) is 18.3. The molecule has 1 unspecified atom stereocenters. The van der Waals surface area contributed by atoms with Gasteiger partial charge in [-0.05, 0) is 47.0 Å². The lowest BCUT2D eigenvalue weighted by Crippen LogP contribution is -2.18. The quantitative estimate of drug-likeness (QED) is 0.295. The van der Waals surface area contributed by atoms with E-state index in [1.54, 1.807) is 10.7 Å². The van der Waals surface area contributed by atoms with Crippen LogP contribution in [0.3, 0.4) is 0 Å². The largest absolute Gasteiger partial charge is 0.573 e. The molecule has 178 valence electrons. The zero-order chi connectivity index (χ0) is 24.6. The lowest BCUT2D eigenvalue weighted by atomic mass is 9.96. The molecule has 0 bridgehead atoms. The van der Waals surface area contributed by atoms with E-state index in [1.807, 2.05) is 43.3 Å². The number of halogens is 4. The first kappa shape index (κ1) is 23.1. The molecule has 5 nitrogen and oxygen atoms in total. The number of ether oxygens (including phenoxy) is 1. The Hall–Kier alpha value is -3.66. The van der Waals surface area contributed by atoms with Crippen LogP contribution >= 0.6 is 11.8 Å². The summed E-state index contributed by atoms with van der Waals surface area (Å²) in [6.07, 6.45) is -4.75. The number of fused-ring (bicyclic) bond motifs is 1. The Kier molecular flexibility index (Phi) is 6.06. The fourth-order valence-corrected chi connectivity index (χ4v) is 4.65. The Bertz CT molecular complexity index is 1390. The van der Waals surface area contributed by atoms with Crippen molar-refractivity contribution in [2.24, 2.45) is 5.10 Å². The smallest absolute Gasteiger partial charge is 0.406 e. The van der Waals surface area contributed by atoms with Gasteiger partial charge >= 0.3 is 6.36 Å². The van der Waals surface area contributed by atoms with Crippen LogP contribution in [0.1, 0.15) is 29.8 Å². The van der Waals surface area contributed by atoms with Crippen LogP contribution in [0.5, 0.6) is 5.75 Å². The van der Waals surface area contributed by atoms with E-state index in [0.717, 1.165) is 11.1 Å². The number of nitrogens with zero attached hydrogens (tertiary/aromatic N) is 4. The second kappa shape index (κ2) is 9.18. The molecule has 1 aliphatic rings. The van der Waals surface area contributed by atoms with Crippen LogP contribution in [0, 0.1) is 5.82 Å². The van der Waals surface area contributed by atoms with Gasteiger partial charge in [0.05, 0.1) is 5.71 Å². The molecule has 0 fully saturated rings. The summed E-state index contributed by atoms with van der Waals surface area (Å²) in [4.78, 5) is 0. The van der Waals surface area contributed by atoms with Gasteiger partial charge in [0.25, 0.3) is 0 Å². The van der Waals surface area contributed by atoms with Crippen LogP contribution in [0.2, 0.25) is 0 Å². The van der Waals surface area contributed by atoms with Gasteiger partial charge in [-0.2, -0.15) is 9.78 Å². The molecule has 35 heavy (non-hydrogen) atoms. The van der Waals surface area contributed by atoms with Crippen LogP contribution in [0.4, 0.5) is 17.6 Å². The minimum absolute atomic E-state index is 0.300. The summed E-state index contributed by atoms with van der Waals surface area (Å²) in [5.41, 5.74) is 3.33. The Morgan fingerprint density at radius 3 is 2.37 bits per heavy atom. The highest BCUT2D eigenvalue weighted by Gasteiger charge is 2.31. The molecule has 0 spiro atoms. The zero-order valence-corrected chi connectivity index (χ0v) is 19.1. The van der Waals surface area contributed by atoms with E-state index in [2.05, 4.69) is 20.0 Å². The number of benzene rings is 3. The SMILES string of the molecule is CC(c1ccc(-c2ccccc2)c(F)c1)c1nnc2n1N=C(c1ccc(OC(F)(F)F)cc1)CS2. The van der Waals surface area contributed by atoms with Gasteiger partial charge in [0.15, 0.2) is 5.82 Å². The second-order valence-corrected chi connectivity index (χ2v) is 8.83. The van der Waals surface area contributed by atoms with E-state index in [1.165, 1.54) is 42.1 Å². The van der Waals surface area contributed by atoms with Gasteiger partial charge in [0.1, 0.15) is 11.6 Å². The molecule has 0 amide bonds. The average molecular weight is 499 g/mol. The molecule has 0 saturated carbocycles. The van der Waals surface area contributed by atoms with Crippen LogP contribution in [-0.4, -0.2) is 32.7 Å². The van der Waals surface area contributed by atoms with E-state index in [4.69, 9.17) is 0 Å². The van der Waals surface area contributed by atoms with Gasteiger partial charge in [-0.25, -0.2) is 4.39 Å². The Morgan fingerprint density at radius 2 is 1.69 bits per heavy atom. The minimum Gasteiger partial charge on any atom is -0.406 e. The summed E-state index contributed by atoms with van der Waals surface area (Å²) >= 11 is 1.42. The van der Waals surface area contributed by atoms with E-state index < -0.39 is 6.36 Å². The monoisotopic (exact) mass is 498 g/mol. The predicted molar refractivity (Wildman–Crippen MR) is 125 cm³/mol. The van der Waals surface area contributed by atoms with Gasteiger partial charge in [0, 0.05) is 17.2 Å². The van der Waals surface area contributed by atoms with Crippen LogP contribution < -0.4 is 4.74 Å². The molecule has 3 aromatic carbocycles. The fourth-order valence-electron chi connectivity index (χ4n) is 3.80. The maximum absolute atomic E-state index is 14.9. The molecule has 1 aliphatic heterocycles. The molecule has 1 aromatic heterocycles. The molecule has 1 atom stereocenters. The van der Waals surface area contributed by atoms with Crippen molar-refractivity contribution in [1.82, 2.24) is 14.9 Å². The van der Waals surface area contributed by atoms with E-state index in [9.17, 15) is 17.6 Å². The maximum atomic E-state index is 14.9. The highest BCUT2D eigenvalue weighted by atomic mass is 32.2. The molecular weight excluding hydrogens is 480 g/mol. The normalized spacial score (nSPS) is 14.3. The minimum atomic E-state index is -4.75. The summed E-state index contributed by atoms with van der Waals surface area (Å²) in [6, 6.07) is 19.9. The van der Waals surface area contributed by atoms with Crippen molar-refractivity contribution >= 4 is 17.5 Å². The molecule has 2 heterocycles. The van der Waals surface area contributed by atoms with E-state index >= 15 is 0 Å². The van der Waals surface area contributed by atoms with Crippen LogP contribution in [-0.2, 0) is 0 Å². The molecule has 0 radical (unpaired) electrons. The van der Waals surface area contributed by atoms with Crippen LogP contribution in [0.15, 0.2) is 83.1 Å². The van der Waals surface area contributed by atoms with Gasteiger partial charge < -0.3 is 4.74 Å². The fraction of sp³-hybridized carbons (Fsp3) is 0.160. The van der Waals surface area contributed by atoms with Gasteiger partial charge in [-0.15, -0.1) is 23.4 Å². The van der Waals surface area contributed by atoms with Gasteiger partial charge in [-0.3, -0.25) is 0 Å². The highest BCUT2D eigenvalue weighted by molar-refractivity contribution is 7.99. The molecule has 0 saturated heterocycles. The Labute approximate surface area is 202 Å². The highest BCUT2D eigenvalue weighted by Crippen LogP contribution is 2.32. The van der Waals surface area contributed by atoms with Crippen molar-refractivity contribution in [3.63, 3.8) is 0 Å². The molecule has 4 aromatic rings. The number of alkyl halides is 3. The number of hydrogen-bond acceptors (Lipinski definition) is 5. The molecule has 0 N–H and O–H groups in total. The van der Waals surface area contributed by atoms with E-state index in [0.29, 0.717) is 33.6 Å². The Balaban J connectivity index is 1.42. The molecule has 10 heteroatoms. The maximum Gasteiger partial charge on any atom is 0.573 e. The predicted octanol–water partition coefficient (Wildman–Crippen LogP) is 6.49.